The largest absolute Gasteiger partial charge is 0.492 e. The molecule has 0 bridgehead atoms. The topological polar surface area (TPSA) is 50.4 Å². The number of ether oxygens (including phenoxy) is 1. The highest BCUT2D eigenvalue weighted by Gasteiger charge is 2.15. The molecule has 0 aliphatic carbocycles. The van der Waals surface area contributed by atoms with Crippen LogP contribution < -0.4 is 15.4 Å². The third kappa shape index (κ3) is 5.81. The summed E-state index contributed by atoms with van der Waals surface area (Å²) in [6, 6.07) is 11.3. The molecule has 2 aromatic carbocycles. The molecule has 0 spiro atoms. The van der Waals surface area contributed by atoms with Gasteiger partial charge in [-0.3, -0.25) is 10.1 Å². The summed E-state index contributed by atoms with van der Waals surface area (Å²) >= 11 is 8.67. The van der Waals surface area contributed by atoms with Crippen LogP contribution in [0.3, 0.4) is 0 Å². The predicted molar refractivity (Wildman–Crippen MR) is 114 cm³/mol. The summed E-state index contributed by atoms with van der Waals surface area (Å²) in [7, 11) is 0. The number of benzene rings is 2. The van der Waals surface area contributed by atoms with Crippen LogP contribution in [0.25, 0.3) is 0 Å². The van der Waals surface area contributed by atoms with Gasteiger partial charge in [-0.1, -0.05) is 35.8 Å². The van der Waals surface area contributed by atoms with Crippen LogP contribution in [0.2, 0.25) is 0 Å². The highest BCUT2D eigenvalue weighted by molar-refractivity contribution is 9.10. The quantitative estimate of drug-likeness (QED) is 0.632. The lowest BCUT2D eigenvalue weighted by Gasteiger charge is -2.15. The molecule has 2 rings (SSSR count). The second-order valence-corrected chi connectivity index (χ2v) is 7.88. The van der Waals surface area contributed by atoms with Gasteiger partial charge in [0.25, 0.3) is 5.91 Å². The normalized spacial score (nSPS) is 10.5. The Hall–Kier alpha value is -1.92. The monoisotopic (exact) mass is 434 g/mol. The van der Waals surface area contributed by atoms with Gasteiger partial charge >= 0.3 is 0 Å². The van der Waals surface area contributed by atoms with Crippen molar-refractivity contribution in [3.05, 3.63) is 57.6 Å². The van der Waals surface area contributed by atoms with E-state index in [1.807, 2.05) is 38.1 Å². The molecule has 4 nitrogen and oxygen atoms in total. The van der Waals surface area contributed by atoms with Crippen molar-refractivity contribution < 1.29 is 9.53 Å². The third-order valence-electron chi connectivity index (χ3n) is 3.75. The number of aryl methyl sites for hydroxylation is 2. The van der Waals surface area contributed by atoms with Crippen LogP contribution in [0, 0.1) is 19.8 Å². The van der Waals surface area contributed by atoms with Gasteiger partial charge in [-0.15, -0.1) is 0 Å². The second-order valence-electron chi connectivity index (χ2n) is 6.55. The highest BCUT2D eigenvalue weighted by Crippen LogP contribution is 2.24. The fourth-order valence-corrected chi connectivity index (χ4v) is 2.79. The molecule has 0 unspecified atom stereocenters. The Bertz CT molecular complexity index is 821. The van der Waals surface area contributed by atoms with E-state index in [2.05, 4.69) is 40.4 Å². The van der Waals surface area contributed by atoms with Gasteiger partial charge in [0.2, 0.25) is 0 Å². The number of hydrogen-bond donors (Lipinski definition) is 2. The molecular weight excluding hydrogens is 412 g/mol. The van der Waals surface area contributed by atoms with E-state index in [-0.39, 0.29) is 11.0 Å². The van der Waals surface area contributed by atoms with E-state index >= 15 is 0 Å². The zero-order valence-electron chi connectivity index (χ0n) is 15.4. The van der Waals surface area contributed by atoms with Crippen LogP contribution >= 0.6 is 28.1 Å². The second kappa shape index (κ2) is 9.14. The van der Waals surface area contributed by atoms with Gasteiger partial charge in [-0.2, -0.15) is 0 Å². The van der Waals surface area contributed by atoms with E-state index < -0.39 is 0 Å². The van der Waals surface area contributed by atoms with Crippen molar-refractivity contribution in [2.24, 2.45) is 5.92 Å². The summed E-state index contributed by atoms with van der Waals surface area (Å²) in [4.78, 5) is 12.6. The molecule has 0 saturated heterocycles. The molecule has 0 heterocycles. The van der Waals surface area contributed by atoms with Gasteiger partial charge in [-0.25, -0.2) is 0 Å². The molecule has 0 aliphatic heterocycles. The van der Waals surface area contributed by atoms with Gasteiger partial charge in [-0.05, 0) is 73.4 Å². The van der Waals surface area contributed by atoms with Gasteiger partial charge in [0.05, 0.1) is 12.2 Å². The van der Waals surface area contributed by atoms with Crippen molar-refractivity contribution in [2.45, 2.75) is 27.7 Å². The maximum Gasteiger partial charge on any atom is 0.261 e. The molecule has 0 atom stereocenters. The lowest BCUT2D eigenvalue weighted by molar-refractivity contribution is 0.0973. The number of carbonyl (C=O) groups excluding carboxylic acids is 1. The van der Waals surface area contributed by atoms with Gasteiger partial charge < -0.3 is 10.1 Å². The Morgan fingerprint density at radius 2 is 1.88 bits per heavy atom. The summed E-state index contributed by atoms with van der Waals surface area (Å²) in [5.41, 5.74) is 3.63. The van der Waals surface area contributed by atoms with Crippen LogP contribution in [0.4, 0.5) is 5.69 Å². The molecule has 0 saturated carbocycles. The number of halogens is 1. The molecule has 6 heteroatoms. The average Bonchev–Trinajstić information content (AvgIpc) is 2.56. The molecule has 2 N–H and O–H groups in total. The zero-order valence-corrected chi connectivity index (χ0v) is 17.8. The minimum Gasteiger partial charge on any atom is -0.492 e. The maximum absolute atomic E-state index is 12.6. The maximum atomic E-state index is 12.6. The van der Waals surface area contributed by atoms with Crippen LogP contribution in [-0.2, 0) is 0 Å². The number of rotatable bonds is 5. The lowest BCUT2D eigenvalue weighted by Crippen LogP contribution is -2.34. The molecule has 1 amide bonds. The minimum absolute atomic E-state index is 0.244. The van der Waals surface area contributed by atoms with E-state index in [4.69, 9.17) is 17.0 Å². The molecule has 0 fully saturated rings. The van der Waals surface area contributed by atoms with Crippen molar-refractivity contribution in [3.8, 4) is 5.75 Å². The number of anilines is 1. The highest BCUT2D eigenvalue weighted by atomic mass is 79.9. The Kier molecular flexibility index (Phi) is 7.17. The molecule has 26 heavy (non-hydrogen) atoms. The van der Waals surface area contributed by atoms with Gasteiger partial charge in [0, 0.05) is 10.2 Å². The summed E-state index contributed by atoms with van der Waals surface area (Å²) in [5, 5.41) is 6.00. The fraction of sp³-hybridized carbons (Fsp3) is 0.300. The zero-order chi connectivity index (χ0) is 19.3. The number of hydrogen-bond acceptors (Lipinski definition) is 3. The molecule has 0 aromatic heterocycles. The number of amides is 1. The van der Waals surface area contributed by atoms with E-state index in [0.717, 1.165) is 15.7 Å². The Morgan fingerprint density at radius 1 is 1.15 bits per heavy atom. The van der Waals surface area contributed by atoms with Crippen molar-refractivity contribution >= 4 is 44.9 Å². The van der Waals surface area contributed by atoms with E-state index in [9.17, 15) is 4.79 Å². The number of nitrogens with one attached hydrogen (secondary N) is 2. The number of carbonyl (C=O) groups is 1. The first kappa shape index (κ1) is 20.4. The summed E-state index contributed by atoms with van der Waals surface area (Å²) < 4.78 is 6.56. The van der Waals surface area contributed by atoms with Crippen molar-refractivity contribution in [2.75, 3.05) is 11.9 Å². The van der Waals surface area contributed by atoms with E-state index in [0.29, 0.717) is 23.8 Å². The fourth-order valence-electron chi connectivity index (χ4n) is 2.21. The summed E-state index contributed by atoms with van der Waals surface area (Å²) in [5.74, 6) is 0.585. The molecular formula is C20H23BrN2O2S. The van der Waals surface area contributed by atoms with Gasteiger partial charge in [0.1, 0.15) is 5.75 Å². The SMILES string of the molecule is Cc1ccc(NC(=S)NC(=O)c2cc(Br)ccc2OCC(C)C)cc1C. The molecule has 2 aromatic rings. The first-order chi connectivity index (χ1) is 12.3. The molecule has 138 valence electrons. The van der Waals surface area contributed by atoms with Gasteiger partial charge in [0.15, 0.2) is 5.11 Å². The van der Waals surface area contributed by atoms with Crippen molar-refractivity contribution in [1.82, 2.24) is 5.32 Å². The Morgan fingerprint density at radius 3 is 2.54 bits per heavy atom. The smallest absolute Gasteiger partial charge is 0.261 e. The lowest BCUT2D eigenvalue weighted by atomic mass is 10.1. The Labute approximate surface area is 168 Å². The average molecular weight is 435 g/mol. The van der Waals surface area contributed by atoms with Crippen LogP contribution in [0.15, 0.2) is 40.9 Å². The number of thiocarbonyl (C=S) groups is 1. The first-order valence-electron chi connectivity index (χ1n) is 8.38. The van der Waals surface area contributed by atoms with Crippen LogP contribution in [0.1, 0.15) is 35.3 Å². The predicted octanol–water partition coefficient (Wildman–Crippen LogP) is 5.23. The van der Waals surface area contributed by atoms with Crippen molar-refractivity contribution in [3.63, 3.8) is 0 Å². The van der Waals surface area contributed by atoms with E-state index in [1.165, 1.54) is 5.56 Å². The molecule has 0 aliphatic rings. The Balaban J connectivity index is 2.09. The first-order valence-corrected chi connectivity index (χ1v) is 9.58. The van der Waals surface area contributed by atoms with E-state index in [1.54, 1.807) is 12.1 Å². The molecule has 0 radical (unpaired) electrons. The summed E-state index contributed by atoms with van der Waals surface area (Å²) in [6.45, 7) is 8.73. The standard InChI is InChI=1S/C20H23BrN2O2S/c1-12(2)11-25-18-8-6-15(21)10-17(18)19(24)23-20(26)22-16-7-5-13(3)14(4)9-16/h5-10,12H,11H2,1-4H3,(H2,22,23,24,26). The minimum atomic E-state index is -0.314. The van der Waals surface area contributed by atoms with Crippen LogP contribution in [-0.4, -0.2) is 17.6 Å². The van der Waals surface area contributed by atoms with Crippen molar-refractivity contribution in [1.29, 1.82) is 0 Å². The van der Waals surface area contributed by atoms with Crippen LogP contribution in [0.5, 0.6) is 5.75 Å². The third-order valence-corrected chi connectivity index (χ3v) is 4.45. The summed E-state index contributed by atoms with van der Waals surface area (Å²) in [6.07, 6.45) is 0.